The third kappa shape index (κ3) is 3.82. The Labute approximate surface area is 179 Å². The number of rotatable bonds is 6. The zero-order valence-electron chi connectivity index (χ0n) is 17.6. The lowest BCUT2D eigenvalue weighted by molar-refractivity contribution is -0.117. The van der Waals surface area contributed by atoms with E-state index >= 15 is 0 Å². The summed E-state index contributed by atoms with van der Waals surface area (Å²) in [6.45, 7) is 4.94. The lowest BCUT2D eigenvalue weighted by atomic mass is 10.1. The van der Waals surface area contributed by atoms with Crippen LogP contribution in [0.1, 0.15) is 56.0 Å². The van der Waals surface area contributed by atoms with Gasteiger partial charge in [0, 0.05) is 23.9 Å². The highest BCUT2D eigenvalue weighted by molar-refractivity contribution is 5.95. The number of aromatic amines is 1. The molecule has 3 N–H and O–H groups in total. The van der Waals surface area contributed by atoms with Gasteiger partial charge in [-0.05, 0) is 38.0 Å². The molecule has 1 saturated heterocycles. The third-order valence-corrected chi connectivity index (χ3v) is 5.79. The van der Waals surface area contributed by atoms with Crippen LogP contribution in [-0.4, -0.2) is 48.9 Å². The van der Waals surface area contributed by atoms with Crippen LogP contribution in [0.2, 0.25) is 0 Å². The summed E-state index contributed by atoms with van der Waals surface area (Å²) in [6.07, 6.45) is 5.65. The van der Waals surface area contributed by atoms with Crippen molar-refractivity contribution in [3.8, 4) is 0 Å². The molecule has 4 heterocycles. The summed E-state index contributed by atoms with van der Waals surface area (Å²) in [6, 6.07) is 1.70. The molecule has 1 amide bonds. The summed E-state index contributed by atoms with van der Waals surface area (Å²) < 4.78 is 5.05. The van der Waals surface area contributed by atoms with Crippen molar-refractivity contribution in [1.82, 2.24) is 30.4 Å². The van der Waals surface area contributed by atoms with E-state index in [1.165, 1.54) is 6.39 Å². The van der Waals surface area contributed by atoms with E-state index < -0.39 is 6.04 Å². The average molecular weight is 423 g/mol. The highest BCUT2D eigenvalue weighted by atomic mass is 16.4. The molecule has 5 rings (SSSR count). The minimum absolute atomic E-state index is 0.0913. The molecule has 0 bridgehead atoms. The average Bonchev–Trinajstić information content (AvgIpc) is 3.53. The van der Waals surface area contributed by atoms with Gasteiger partial charge < -0.3 is 14.6 Å². The quantitative estimate of drug-likeness (QED) is 0.546. The Balaban J connectivity index is 1.42. The number of carbonyl (C=O) groups excluding carboxylic acids is 1. The van der Waals surface area contributed by atoms with E-state index in [4.69, 9.17) is 14.4 Å². The number of carbonyl (C=O) groups is 1. The van der Waals surface area contributed by atoms with Crippen LogP contribution >= 0.6 is 0 Å². The van der Waals surface area contributed by atoms with E-state index in [0.717, 1.165) is 54.3 Å². The first-order chi connectivity index (χ1) is 15.1. The Morgan fingerprint density at radius 1 is 1.29 bits per heavy atom. The molecule has 0 saturated carbocycles. The number of amides is 1. The molecule has 0 radical (unpaired) electrons. The number of nitrogens with zero attached hydrogens (tertiary/aromatic N) is 6. The molecule has 162 valence electrons. The van der Waals surface area contributed by atoms with Gasteiger partial charge in [-0.25, -0.2) is 4.98 Å². The van der Waals surface area contributed by atoms with Gasteiger partial charge in [-0.15, -0.1) is 5.10 Å². The maximum Gasteiger partial charge on any atom is 0.322 e. The molecule has 1 fully saturated rings. The van der Waals surface area contributed by atoms with Crippen LogP contribution < -0.4 is 15.5 Å². The Morgan fingerprint density at radius 2 is 2.19 bits per heavy atom. The van der Waals surface area contributed by atoms with Crippen LogP contribution in [0.25, 0.3) is 0 Å². The second-order valence-corrected chi connectivity index (χ2v) is 8.22. The van der Waals surface area contributed by atoms with Crippen molar-refractivity contribution in [2.45, 2.75) is 57.9 Å². The fourth-order valence-electron chi connectivity index (χ4n) is 4.16. The summed E-state index contributed by atoms with van der Waals surface area (Å²) in [7, 11) is 0. The van der Waals surface area contributed by atoms with E-state index in [-0.39, 0.29) is 11.9 Å². The summed E-state index contributed by atoms with van der Waals surface area (Å²) in [4.78, 5) is 24.4. The monoisotopic (exact) mass is 423 g/mol. The number of hydrogen-bond acceptors (Lipinski definition) is 9. The predicted molar refractivity (Wildman–Crippen MR) is 113 cm³/mol. The van der Waals surface area contributed by atoms with Crippen LogP contribution in [0.3, 0.4) is 0 Å². The largest absolute Gasteiger partial charge is 0.411 e. The Bertz CT molecular complexity index is 1080. The Kier molecular flexibility index (Phi) is 5.00. The maximum absolute atomic E-state index is 12.8. The van der Waals surface area contributed by atoms with Gasteiger partial charge in [-0.2, -0.15) is 10.1 Å². The SMILES string of the molecule is CC(C)c1cc(Nc2nc(N3CCC[C@H]3C(=O)Nc3nnco3)nc3c2CCC3)n[nH]1. The van der Waals surface area contributed by atoms with Crippen molar-refractivity contribution in [2.75, 3.05) is 22.1 Å². The van der Waals surface area contributed by atoms with Crippen LogP contribution in [0, 0.1) is 0 Å². The van der Waals surface area contributed by atoms with E-state index in [1.807, 2.05) is 11.0 Å². The lowest BCUT2D eigenvalue weighted by Gasteiger charge is -2.24. The number of nitrogens with one attached hydrogen (secondary N) is 3. The number of hydrogen-bond donors (Lipinski definition) is 3. The van der Waals surface area contributed by atoms with Crippen molar-refractivity contribution in [1.29, 1.82) is 0 Å². The van der Waals surface area contributed by atoms with Gasteiger partial charge in [0.05, 0.1) is 5.69 Å². The summed E-state index contributed by atoms with van der Waals surface area (Å²) >= 11 is 0. The molecule has 3 aromatic rings. The first-order valence-corrected chi connectivity index (χ1v) is 10.6. The number of anilines is 4. The fraction of sp³-hybridized carbons (Fsp3) is 0.500. The number of aryl methyl sites for hydroxylation is 1. The number of aromatic nitrogens is 6. The van der Waals surface area contributed by atoms with Crippen molar-refractivity contribution in [3.63, 3.8) is 0 Å². The van der Waals surface area contributed by atoms with Crippen molar-refractivity contribution >= 4 is 29.5 Å². The summed E-state index contributed by atoms with van der Waals surface area (Å²) in [5.74, 6) is 2.22. The molecule has 2 aliphatic rings. The molecule has 31 heavy (non-hydrogen) atoms. The van der Waals surface area contributed by atoms with Gasteiger partial charge in [0.2, 0.25) is 12.3 Å². The molecule has 0 unspecified atom stereocenters. The van der Waals surface area contributed by atoms with Crippen molar-refractivity contribution < 1.29 is 9.21 Å². The minimum Gasteiger partial charge on any atom is -0.411 e. The Hall–Kier alpha value is -3.50. The molecular weight excluding hydrogens is 398 g/mol. The van der Waals surface area contributed by atoms with Gasteiger partial charge in [0.1, 0.15) is 11.9 Å². The molecule has 0 spiro atoms. The van der Waals surface area contributed by atoms with E-state index in [9.17, 15) is 4.79 Å². The smallest absolute Gasteiger partial charge is 0.322 e. The van der Waals surface area contributed by atoms with Crippen LogP contribution in [0.4, 0.5) is 23.6 Å². The highest BCUT2D eigenvalue weighted by Crippen LogP contribution is 2.33. The number of H-pyrrole nitrogens is 1. The van der Waals surface area contributed by atoms with Crippen LogP contribution in [-0.2, 0) is 17.6 Å². The molecule has 0 aromatic carbocycles. The molecular formula is C20H25N9O2. The van der Waals surface area contributed by atoms with Gasteiger partial charge in [-0.3, -0.25) is 15.2 Å². The van der Waals surface area contributed by atoms with Crippen LogP contribution in [0.5, 0.6) is 0 Å². The molecule has 3 aromatic heterocycles. The molecule has 11 nitrogen and oxygen atoms in total. The molecule has 1 atom stereocenters. The van der Waals surface area contributed by atoms with Crippen molar-refractivity contribution in [2.24, 2.45) is 0 Å². The standard InChI is InChI=1S/C20H25N9O2/c1-11(2)14-9-16(27-26-14)23-17-12-5-3-6-13(12)22-19(24-17)29-8-4-7-15(29)18(30)25-20-28-21-10-31-20/h9-11,15H,3-8H2,1-2H3,(H,25,28,30)(H2,22,23,24,26,27)/t15-/m0/s1. The topological polar surface area (TPSA) is 138 Å². The molecule has 11 heteroatoms. The fourth-order valence-corrected chi connectivity index (χ4v) is 4.16. The van der Waals surface area contributed by atoms with Gasteiger partial charge >= 0.3 is 6.01 Å². The van der Waals surface area contributed by atoms with Gasteiger partial charge in [-0.1, -0.05) is 18.9 Å². The summed E-state index contributed by atoms with van der Waals surface area (Å²) in [5.41, 5.74) is 3.23. The highest BCUT2D eigenvalue weighted by Gasteiger charge is 2.34. The van der Waals surface area contributed by atoms with E-state index in [2.05, 4.69) is 44.9 Å². The van der Waals surface area contributed by atoms with Crippen molar-refractivity contribution in [3.05, 3.63) is 29.4 Å². The molecule has 1 aliphatic carbocycles. The predicted octanol–water partition coefficient (Wildman–Crippen LogP) is 2.55. The van der Waals surface area contributed by atoms with Gasteiger partial charge in [0.25, 0.3) is 5.91 Å². The second kappa shape index (κ2) is 7.97. The van der Waals surface area contributed by atoms with Gasteiger partial charge in [0.15, 0.2) is 5.82 Å². The first kappa shape index (κ1) is 19.5. The lowest BCUT2D eigenvalue weighted by Crippen LogP contribution is -2.40. The summed E-state index contributed by atoms with van der Waals surface area (Å²) in [5, 5.41) is 20.8. The maximum atomic E-state index is 12.8. The van der Waals surface area contributed by atoms with E-state index in [1.54, 1.807) is 0 Å². The molecule has 1 aliphatic heterocycles. The first-order valence-electron chi connectivity index (χ1n) is 10.6. The third-order valence-electron chi connectivity index (χ3n) is 5.79. The normalized spacial score (nSPS) is 17.9. The number of fused-ring (bicyclic) bond motifs is 1. The van der Waals surface area contributed by atoms with E-state index in [0.29, 0.717) is 24.8 Å². The zero-order chi connectivity index (χ0) is 21.4. The zero-order valence-corrected chi connectivity index (χ0v) is 17.6. The Morgan fingerprint density at radius 3 is 2.97 bits per heavy atom. The van der Waals surface area contributed by atoms with Crippen LogP contribution in [0.15, 0.2) is 16.9 Å². The second-order valence-electron chi connectivity index (χ2n) is 8.22. The minimum atomic E-state index is -0.392.